The van der Waals surface area contributed by atoms with Crippen LogP contribution in [0, 0.1) is 0 Å². The summed E-state index contributed by atoms with van der Waals surface area (Å²) in [5.74, 6) is 0. The molecule has 0 spiro atoms. The standard InChI is InChI=1S/C11H13NO2/c13-8-9-1-3-10(4-2-9)11-7-12-5-6-14-11/h1-4,8,11-12H,5-7H2/t11-/m0/s1. The number of hydrogen-bond acceptors (Lipinski definition) is 3. The summed E-state index contributed by atoms with van der Waals surface area (Å²) >= 11 is 0. The molecule has 1 saturated heterocycles. The van der Waals surface area contributed by atoms with Crippen LogP contribution in [0.1, 0.15) is 22.0 Å². The monoisotopic (exact) mass is 191 g/mol. The molecule has 0 radical (unpaired) electrons. The molecule has 0 bridgehead atoms. The fourth-order valence-electron chi connectivity index (χ4n) is 1.57. The average Bonchev–Trinajstić information content (AvgIpc) is 2.30. The van der Waals surface area contributed by atoms with E-state index in [9.17, 15) is 4.79 Å². The zero-order valence-corrected chi connectivity index (χ0v) is 7.90. The van der Waals surface area contributed by atoms with Gasteiger partial charge in [0, 0.05) is 18.7 Å². The van der Waals surface area contributed by atoms with E-state index in [1.807, 2.05) is 24.3 Å². The van der Waals surface area contributed by atoms with Crippen LogP contribution in [-0.4, -0.2) is 26.0 Å². The highest BCUT2D eigenvalue weighted by Crippen LogP contribution is 2.18. The quantitative estimate of drug-likeness (QED) is 0.713. The van der Waals surface area contributed by atoms with Crippen molar-refractivity contribution in [3.05, 3.63) is 35.4 Å². The summed E-state index contributed by atoms with van der Waals surface area (Å²) in [5.41, 5.74) is 1.83. The van der Waals surface area contributed by atoms with Gasteiger partial charge in [-0.1, -0.05) is 24.3 Å². The second kappa shape index (κ2) is 4.35. The Morgan fingerprint density at radius 2 is 2.14 bits per heavy atom. The molecule has 74 valence electrons. The first-order chi connectivity index (χ1) is 6.90. The Morgan fingerprint density at radius 1 is 1.36 bits per heavy atom. The molecule has 1 fully saturated rings. The molecule has 3 heteroatoms. The Balaban J connectivity index is 2.11. The number of hydrogen-bond donors (Lipinski definition) is 1. The normalized spacial score (nSPS) is 21.9. The minimum absolute atomic E-state index is 0.129. The molecule has 3 nitrogen and oxygen atoms in total. The maximum Gasteiger partial charge on any atom is 0.150 e. The molecule has 1 aliphatic rings. The summed E-state index contributed by atoms with van der Waals surface area (Å²) in [6, 6.07) is 7.53. The molecule has 14 heavy (non-hydrogen) atoms. The van der Waals surface area contributed by atoms with E-state index < -0.39 is 0 Å². The van der Waals surface area contributed by atoms with Gasteiger partial charge in [0.1, 0.15) is 6.29 Å². The first-order valence-electron chi connectivity index (χ1n) is 4.77. The van der Waals surface area contributed by atoms with Gasteiger partial charge in [0.2, 0.25) is 0 Å². The fraction of sp³-hybridized carbons (Fsp3) is 0.364. The van der Waals surface area contributed by atoms with Crippen LogP contribution in [0.4, 0.5) is 0 Å². The lowest BCUT2D eigenvalue weighted by atomic mass is 10.1. The summed E-state index contributed by atoms with van der Waals surface area (Å²) in [5, 5.41) is 3.27. The Kier molecular flexibility index (Phi) is 2.91. The third kappa shape index (κ3) is 2.00. The van der Waals surface area contributed by atoms with E-state index >= 15 is 0 Å². The number of carbonyl (C=O) groups excluding carboxylic acids is 1. The van der Waals surface area contributed by atoms with Crippen molar-refractivity contribution in [2.45, 2.75) is 6.10 Å². The third-order valence-electron chi connectivity index (χ3n) is 2.37. The SMILES string of the molecule is O=Cc1ccc([C@@H]2CNCCO2)cc1. The van der Waals surface area contributed by atoms with Gasteiger partial charge in [-0.3, -0.25) is 4.79 Å². The van der Waals surface area contributed by atoms with Crippen molar-refractivity contribution in [1.82, 2.24) is 5.32 Å². The van der Waals surface area contributed by atoms with E-state index in [2.05, 4.69) is 5.32 Å². The minimum atomic E-state index is 0.129. The fourth-order valence-corrected chi connectivity index (χ4v) is 1.57. The number of rotatable bonds is 2. The molecule has 0 saturated carbocycles. The third-order valence-corrected chi connectivity index (χ3v) is 2.37. The molecule has 1 aromatic carbocycles. The largest absolute Gasteiger partial charge is 0.371 e. The molecular formula is C11H13NO2. The van der Waals surface area contributed by atoms with Crippen molar-refractivity contribution in [1.29, 1.82) is 0 Å². The van der Waals surface area contributed by atoms with Crippen LogP contribution in [-0.2, 0) is 4.74 Å². The van der Waals surface area contributed by atoms with E-state index in [1.165, 1.54) is 0 Å². The molecule has 0 unspecified atom stereocenters. The van der Waals surface area contributed by atoms with Crippen molar-refractivity contribution in [3.63, 3.8) is 0 Å². The van der Waals surface area contributed by atoms with E-state index in [0.29, 0.717) is 5.56 Å². The van der Waals surface area contributed by atoms with Crippen molar-refractivity contribution < 1.29 is 9.53 Å². The number of aldehydes is 1. The smallest absolute Gasteiger partial charge is 0.150 e. The van der Waals surface area contributed by atoms with Crippen LogP contribution in [0.3, 0.4) is 0 Å². The topological polar surface area (TPSA) is 38.3 Å². The molecule has 0 aliphatic carbocycles. The maximum atomic E-state index is 10.5. The van der Waals surface area contributed by atoms with Crippen LogP contribution in [0.5, 0.6) is 0 Å². The highest BCUT2D eigenvalue weighted by atomic mass is 16.5. The summed E-state index contributed by atoms with van der Waals surface area (Å²) < 4.78 is 5.59. The minimum Gasteiger partial charge on any atom is -0.371 e. The zero-order chi connectivity index (χ0) is 9.80. The Morgan fingerprint density at radius 3 is 2.71 bits per heavy atom. The Labute approximate surface area is 83.1 Å². The molecular weight excluding hydrogens is 178 g/mol. The van der Waals surface area contributed by atoms with Crippen LogP contribution >= 0.6 is 0 Å². The lowest BCUT2D eigenvalue weighted by molar-refractivity contribution is 0.0277. The van der Waals surface area contributed by atoms with Crippen LogP contribution in [0.15, 0.2) is 24.3 Å². The van der Waals surface area contributed by atoms with Gasteiger partial charge < -0.3 is 10.1 Å². The molecule has 2 rings (SSSR count). The molecule has 1 aliphatic heterocycles. The summed E-state index contributed by atoms with van der Waals surface area (Å²) in [4.78, 5) is 10.5. The van der Waals surface area contributed by atoms with Gasteiger partial charge in [-0.2, -0.15) is 0 Å². The summed E-state index contributed by atoms with van der Waals surface area (Å²) in [6.07, 6.45) is 0.980. The zero-order valence-electron chi connectivity index (χ0n) is 7.90. The molecule has 1 atom stereocenters. The van der Waals surface area contributed by atoms with Gasteiger partial charge in [-0.15, -0.1) is 0 Å². The van der Waals surface area contributed by atoms with Gasteiger partial charge in [0.05, 0.1) is 12.7 Å². The van der Waals surface area contributed by atoms with Crippen LogP contribution < -0.4 is 5.32 Å². The second-order valence-corrected chi connectivity index (χ2v) is 3.35. The predicted octanol–water partition coefficient (Wildman–Crippen LogP) is 1.16. The van der Waals surface area contributed by atoms with E-state index in [-0.39, 0.29) is 6.10 Å². The lowest BCUT2D eigenvalue weighted by Crippen LogP contribution is -2.33. The van der Waals surface area contributed by atoms with E-state index in [0.717, 1.165) is 31.5 Å². The van der Waals surface area contributed by atoms with Gasteiger partial charge in [0.15, 0.2) is 0 Å². The molecule has 1 heterocycles. The highest BCUT2D eigenvalue weighted by Gasteiger charge is 2.14. The molecule has 0 aromatic heterocycles. The molecule has 0 amide bonds. The number of morpholine rings is 1. The van der Waals surface area contributed by atoms with Crippen LogP contribution in [0.25, 0.3) is 0 Å². The lowest BCUT2D eigenvalue weighted by Gasteiger charge is -2.23. The van der Waals surface area contributed by atoms with Gasteiger partial charge in [-0.25, -0.2) is 0 Å². The van der Waals surface area contributed by atoms with E-state index in [1.54, 1.807) is 0 Å². The van der Waals surface area contributed by atoms with Gasteiger partial charge in [-0.05, 0) is 5.56 Å². The highest BCUT2D eigenvalue weighted by molar-refractivity contribution is 5.74. The van der Waals surface area contributed by atoms with Crippen molar-refractivity contribution in [3.8, 4) is 0 Å². The number of carbonyl (C=O) groups is 1. The Hall–Kier alpha value is -1.19. The van der Waals surface area contributed by atoms with Crippen molar-refractivity contribution in [2.75, 3.05) is 19.7 Å². The van der Waals surface area contributed by atoms with Crippen molar-refractivity contribution in [2.24, 2.45) is 0 Å². The maximum absolute atomic E-state index is 10.5. The predicted molar refractivity (Wildman–Crippen MR) is 53.4 cm³/mol. The van der Waals surface area contributed by atoms with Crippen LogP contribution in [0.2, 0.25) is 0 Å². The summed E-state index contributed by atoms with van der Waals surface area (Å²) in [7, 11) is 0. The van der Waals surface area contributed by atoms with Gasteiger partial charge >= 0.3 is 0 Å². The van der Waals surface area contributed by atoms with E-state index in [4.69, 9.17) is 4.74 Å². The molecule has 1 N–H and O–H groups in total. The second-order valence-electron chi connectivity index (χ2n) is 3.35. The first-order valence-corrected chi connectivity index (χ1v) is 4.77. The van der Waals surface area contributed by atoms with Gasteiger partial charge in [0.25, 0.3) is 0 Å². The molecule has 1 aromatic rings. The number of ether oxygens (including phenoxy) is 1. The number of benzene rings is 1. The first kappa shape index (κ1) is 9.37. The Bertz CT molecular complexity index is 302. The average molecular weight is 191 g/mol. The number of nitrogens with one attached hydrogen (secondary N) is 1. The summed E-state index contributed by atoms with van der Waals surface area (Å²) in [6.45, 7) is 2.52. The van der Waals surface area contributed by atoms with Crippen molar-refractivity contribution >= 4 is 6.29 Å².